The lowest BCUT2D eigenvalue weighted by molar-refractivity contribution is -0.140. The summed E-state index contributed by atoms with van der Waals surface area (Å²) in [5, 5.41) is 18.4. The average molecular weight is 478 g/mol. The Labute approximate surface area is 174 Å². The van der Waals surface area contributed by atoms with Gasteiger partial charge in [0.05, 0.1) is 11.6 Å². The van der Waals surface area contributed by atoms with E-state index in [2.05, 4.69) is 20.7 Å². The zero-order chi connectivity index (χ0) is 20.4. The van der Waals surface area contributed by atoms with Gasteiger partial charge in [0.25, 0.3) is 0 Å². The van der Waals surface area contributed by atoms with Crippen molar-refractivity contribution in [3.63, 3.8) is 0 Å². The Kier molecular flexibility index (Phi) is 10.1. The third kappa shape index (κ3) is 9.55. The molecule has 0 aliphatic rings. The van der Waals surface area contributed by atoms with E-state index in [-0.39, 0.29) is 11.7 Å². The van der Waals surface area contributed by atoms with Crippen LogP contribution in [0.1, 0.15) is 13.8 Å². The molecule has 27 heavy (non-hydrogen) atoms. The number of ether oxygens (including phenoxy) is 2. The first kappa shape index (κ1) is 23.1. The molecule has 0 spiro atoms. The number of aromatic hydroxyl groups is 1. The second-order valence-electron chi connectivity index (χ2n) is 4.95. The first-order valence-corrected chi connectivity index (χ1v) is 9.65. The van der Waals surface area contributed by atoms with Crippen molar-refractivity contribution in [2.45, 2.75) is 23.6 Å². The highest BCUT2D eigenvalue weighted by atomic mass is 79.9. The predicted octanol–water partition coefficient (Wildman–Crippen LogP) is 4.99. The van der Waals surface area contributed by atoms with Crippen molar-refractivity contribution in [1.82, 2.24) is 0 Å². The van der Waals surface area contributed by atoms with Gasteiger partial charge in [0.2, 0.25) is 0 Å². The standard InChI is InChI=1S/C14H10BrClO4S.C4H8O2/c15-8-3-9(17)5-11(4-8)21-10-1-2-13(12(16)6-10)20-7-14(18)19;1-3-6-4(2)5/h1-6,17H,7H2,(H,18,19);3H2,1-2H3. The number of rotatable bonds is 6. The molecule has 0 saturated heterocycles. The summed E-state index contributed by atoms with van der Waals surface area (Å²) in [4.78, 5) is 22.0. The van der Waals surface area contributed by atoms with Crippen LogP contribution in [0.25, 0.3) is 0 Å². The Morgan fingerprint density at radius 1 is 1.19 bits per heavy atom. The topological polar surface area (TPSA) is 93.1 Å². The number of esters is 1. The molecule has 0 amide bonds. The minimum atomic E-state index is -1.06. The molecule has 0 unspecified atom stereocenters. The molecule has 2 N–H and O–H groups in total. The van der Waals surface area contributed by atoms with Crippen LogP contribution in [0.4, 0.5) is 0 Å². The fourth-order valence-electron chi connectivity index (χ4n) is 1.75. The van der Waals surface area contributed by atoms with E-state index in [0.29, 0.717) is 17.4 Å². The highest BCUT2D eigenvalue weighted by Crippen LogP contribution is 2.36. The second-order valence-corrected chi connectivity index (χ2v) is 7.42. The summed E-state index contributed by atoms with van der Waals surface area (Å²) in [6.45, 7) is 3.21. The summed E-state index contributed by atoms with van der Waals surface area (Å²) < 4.78 is 10.2. The van der Waals surface area contributed by atoms with Gasteiger partial charge in [-0.2, -0.15) is 0 Å². The van der Waals surface area contributed by atoms with E-state index in [4.69, 9.17) is 21.4 Å². The summed E-state index contributed by atoms with van der Waals surface area (Å²) in [5.74, 6) is -0.786. The number of carboxylic acids is 1. The molecule has 0 aliphatic carbocycles. The second kappa shape index (κ2) is 11.7. The SMILES string of the molecule is CCOC(C)=O.O=C(O)COc1ccc(Sc2cc(O)cc(Br)c2)cc1Cl. The molecule has 0 atom stereocenters. The molecule has 6 nitrogen and oxygen atoms in total. The van der Waals surface area contributed by atoms with Crippen LogP contribution in [-0.2, 0) is 14.3 Å². The zero-order valence-electron chi connectivity index (χ0n) is 14.6. The molecule has 2 aromatic carbocycles. The molecule has 0 fully saturated rings. The molecule has 0 heterocycles. The zero-order valence-corrected chi connectivity index (χ0v) is 17.7. The third-order valence-electron chi connectivity index (χ3n) is 2.69. The van der Waals surface area contributed by atoms with Crippen molar-refractivity contribution in [1.29, 1.82) is 0 Å². The van der Waals surface area contributed by atoms with Gasteiger partial charge in [-0.15, -0.1) is 0 Å². The van der Waals surface area contributed by atoms with Crippen molar-refractivity contribution in [3.8, 4) is 11.5 Å². The number of phenolic OH excluding ortho intramolecular Hbond substituents is 1. The molecule has 0 aromatic heterocycles. The lowest BCUT2D eigenvalue weighted by atomic mass is 10.3. The van der Waals surface area contributed by atoms with Gasteiger partial charge in [0.15, 0.2) is 6.61 Å². The van der Waals surface area contributed by atoms with Crippen LogP contribution >= 0.6 is 39.3 Å². The lowest BCUT2D eigenvalue weighted by Crippen LogP contribution is -2.09. The number of phenols is 1. The number of hydrogen-bond acceptors (Lipinski definition) is 6. The fraction of sp³-hybridized carbons (Fsp3) is 0.222. The summed E-state index contributed by atoms with van der Waals surface area (Å²) in [6.07, 6.45) is 0. The normalized spacial score (nSPS) is 9.78. The van der Waals surface area contributed by atoms with Crippen LogP contribution in [0.5, 0.6) is 11.5 Å². The van der Waals surface area contributed by atoms with Crippen molar-refractivity contribution >= 4 is 51.2 Å². The van der Waals surface area contributed by atoms with E-state index >= 15 is 0 Å². The average Bonchev–Trinajstić information content (AvgIpc) is 2.53. The molecule has 0 aliphatic heterocycles. The monoisotopic (exact) mass is 476 g/mol. The number of carbonyl (C=O) groups is 2. The molecule has 2 aromatic rings. The quantitative estimate of drug-likeness (QED) is 0.566. The van der Waals surface area contributed by atoms with E-state index in [1.165, 1.54) is 18.7 Å². The third-order valence-corrected chi connectivity index (χ3v) is 4.41. The Morgan fingerprint density at radius 2 is 1.89 bits per heavy atom. The minimum Gasteiger partial charge on any atom is -0.508 e. The highest BCUT2D eigenvalue weighted by molar-refractivity contribution is 9.10. The van der Waals surface area contributed by atoms with Gasteiger partial charge in [0.1, 0.15) is 11.5 Å². The maximum Gasteiger partial charge on any atom is 0.341 e. The van der Waals surface area contributed by atoms with E-state index in [1.807, 2.05) is 6.07 Å². The smallest absolute Gasteiger partial charge is 0.341 e. The van der Waals surface area contributed by atoms with E-state index in [9.17, 15) is 14.7 Å². The van der Waals surface area contributed by atoms with Gasteiger partial charge >= 0.3 is 11.9 Å². The van der Waals surface area contributed by atoms with Gasteiger partial charge < -0.3 is 19.7 Å². The summed E-state index contributed by atoms with van der Waals surface area (Å²) >= 11 is 10.8. The van der Waals surface area contributed by atoms with Crippen molar-refractivity contribution in [3.05, 3.63) is 45.9 Å². The van der Waals surface area contributed by atoms with Crippen molar-refractivity contribution in [2.75, 3.05) is 13.2 Å². The van der Waals surface area contributed by atoms with Crippen LogP contribution in [0.3, 0.4) is 0 Å². The van der Waals surface area contributed by atoms with E-state index in [0.717, 1.165) is 14.3 Å². The van der Waals surface area contributed by atoms with Gasteiger partial charge in [-0.05, 0) is 43.3 Å². The number of benzene rings is 2. The molecular weight excluding hydrogens is 460 g/mol. The van der Waals surface area contributed by atoms with Crippen molar-refractivity contribution < 1.29 is 29.3 Å². The number of carbonyl (C=O) groups excluding carboxylic acids is 1. The molecule has 146 valence electrons. The number of halogens is 2. The Bertz CT molecular complexity index is 779. The van der Waals surface area contributed by atoms with E-state index < -0.39 is 12.6 Å². The van der Waals surface area contributed by atoms with Gasteiger partial charge in [0, 0.05) is 21.2 Å². The maximum absolute atomic E-state index is 10.5. The van der Waals surface area contributed by atoms with Gasteiger partial charge in [-0.3, -0.25) is 4.79 Å². The van der Waals surface area contributed by atoms with Crippen LogP contribution in [0.2, 0.25) is 5.02 Å². The molecule has 2 rings (SSSR count). The Morgan fingerprint density at radius 3 is 2.37 bits per heavy atom. The summed E-state index contributed by atoms with van der Waals surface area (Å²) in [6, 6.07) is 10.2. The van der Waals surface area contributed by atoms with Crippen LogP contribution in [0.15, 0.2) is 50.7 Å². The van der Waals surface area contributed by atoms with Crippen LogP contribution in [0, 0.1) is 0 Å². The number of aliphatic carboxylic acids is 1. The molecular formula is C18H18BrClO6S. The maximum atomic E-state index is 10.5. The Balaban J connectivity index is 0.000000527. The van der Waals surface area contributed by atoms with Crippen LogP contribution in [-0.4, -0.2) is 35.4 Å². The Hall–Kier alpha value is -1.90. The number of carboxylic acid groups (broad SMARTS) is 1. The molecule has 0 saturated carbocycles. The summed E-state index contributed by atoms with van der Waals surface area (Å²) in [7, 11) is 0. The van der Waals surface area contributed by atoms with Crippen molar-refractivity contribution in [2.24, 2.45) is 0 Å². The molecule has 0 bridgehead atoms. The first-order chi connectivity index (χ1) is 12.7. The van der Waals surface area contributed by atoms with Gasteiger partial charge in [-0.25, -0.2) is 4.79 Å². The largest absolute Gasteiger partial charge is 0.508 e. The minimum absolute atomic E-state index is 0.166. The van der Waals surface area contributed by atoms with E-state index in [1.54, 1.807) is 37.3 Å². The lowest BCUT2D eigenvalue weighted by Gasteiger charge is -2.08. The molecule has 0 radical (unpaired) electrons. The first-order valence-electron chi connectivity index (χ1n) is 7.66. The summed E-state index contributed by atoms with van der Waals surface area (Å²) in [5.41, 5.74) is 0. The van der Waals surface area contributed by atoms with Gasteiger partial charge in [-0.1, -0.05) is 39.3 Å². The number of hydrogen-bond donors (Lipinski definition) is 2. The fourth-order valence-corrected chi connectivity index (χ4v) is 3.63. The van der Waals surface area contributed by atoms with Crippen LogP contribution < -0.4 is 4.74 Å². The highest BCUT2D eigenvalue weighted by Gasteiger charge is 2.07. The predicted molar refractivity (Wildman–Crippen MR) is 107 cm³/mol. The molecule has 9 heteroatoms.